The van der Waals surface area contributed by atoms with E-state index in [-0.39, 0.29) is 18.6 Å². The summed E-state index contributed by atoms with van der Waals surface area (Å²) in [6, 6.07) is 11.9. The molecule has 0 radical (unpaired) electrons. The van der Waals surface area contributed by atoms with Gasteiger partial charge < -0.3 is 19.9 Å². The van der Waals surface area contributed by atoms with Crippen LogP contribution in [0.2, 0.25) is 5.02 Å². The van der Waals surface area contributed by atoms with E-state index >= 15 is 0 Å². The number of benzene rings is 2. The van der Waals surface area contributed by atoms with Gasteiger partial charge in [-0.05, 0) is 43.9 Å². The Kier molecular flexibility index (Phi) is 7.45. The van der Waals surface area contributed by atoms with Crippen LogP contribution in [0.3, 0.4) is 0 Å². The fraction of sp³-hybridized carbons (Fsp3) is 0.350. The lowest BCUT2D eigenvalue weighted by Gasteiger charge is -2.27. The van der Waals surface area contributed by atoms with Crippen LogP contribution in [-0.4, -0.2) is 50.6 Å². The second-order valence-electron chi connectivity index (χ2n) is 6.49. The highest BCUT2D eigenvalue weighted by atomic mass is 35.5. The first-order valence-electron chi connectivity index (χ1n) is 8.55. The highest BCUT2D eigenvalue weighted by Gasteiger charge is 2.18. The van der Waals surface area contributed by atoms with Crippen LogP contribution >= 0.6 is 11.6 Å². The summed E-state index contributed by atoms with van der Waals surface area (Å²) in [6.07, 6.45) is 0. The van der Waals surface area contributed by atoms with Gasteiger partial charge in [-0.3, -0.25) is 0 Å². The van der Waals surface area contributed by atoms with E-state index in [0.717, 1.165) is 11.3 Å². The molecule has 1 atom stereocenters. The van der Waals surface area contributed by atoms with Crippen LogP contribution in [0.5, 0.6) is 5.75 Å². The number of likely N-dealkylation sites (N-methyl/N-ethyl adjacent to an activating group) is 1. The molecule has 2 aromatic carbocycles. The Hall–Kier alpha value is -2.31. The van der Waals surface area contributed by atoms with E-state index in [1.165, 1.54) is 17.0 Å². The largest absolute Gasteiger partial charge is 0.497 e. The zero-order valence-corrected chi connectivity index (χ0v) is 16.8. The maximum Gasteiger partial charge on any atom is 0.317 e. The average molecular weight is 394 g/mol. The summed E-state index contributed by atoms with van der Waals surface area (Å²) in [7, 11) is 7.13. The van der Waals surface area contributed by atoms with Crippen molar-refractivity contribution in [2.45, 2.75) is 12.6 Å². The molecule has 0 aliphatic carbocycles. The van der Waals surface area contributed by atoms with Crippen molar-refractivity contribution in [3.8, 4) is 5.75 Å². The summed E-state index contributed by atoms with van der Waals surface area (Å²) >= 11 is 6.04. The van der Waals surface area contributed by atoms with Crippen molar-refractivity contribution in [2.24, 2.45) is 0 Å². The first-order valence-corrected chi connectivity index (χ1v) is 8.93. The zero-order chi connectivity index (χ0) is 20.0. The highest BCUT2D eigenvalue weighted by Crippen LogP contribution is 2.22. The van der Waals surface area contributed by atoms with Crippen molar-refractivity contribution < 1.29 is 13.9 Å². The van der Waals surface area contributed by atoms with Gasteiger partial charge in [0.05, 0.1) is 19.7 Å². The second-order valence-corrected chi connectivity index (χ2v) is 6.90. The van der Waals surface area contributed by atoms with Crippen LogP contribution in [0.25, 0.3) is 0 Å². The van der Waals surface area contributed by atoms with Gasteiger partial charge in [-0.15, -0.1) is 0 Å². The van der Waals surface area contributed by atoms with Crippen molar-refractivity contribution in [1.82, 2.24) is 15.1 Å². The molecule has 2 amide bonds. The first kappa shape index (κ1) is 21.0. The fourth-order valence-corrected chi connectivity index (χ4v) is 2.96. The minimum atomic E-state index is -0.424. The summed E-state index contributed by atoms with van der Waals surface area (Å²) in [5.74, 6) is 0.355. The molecule has 0 aromatic heterocycles. The predicted molar refractivity (Wildman–Crippen MR) is 106 cm³/mol. The molecule has 146 valence electrons. The molecule has 0 spiro atoms. The third-order valence-electron chi connectivity index (χ3n) is 4.37. The Morgan fingerprint density at radius 3 is 2.41 bits per heavy atom. The number of amides is 2. The van der Waals surface area contributed by atoms with Crippen LogP contribution in [0.15, 0.2) is 42.5 Å². The van der Waals surface area contributed by atoms with E-state index in [1.807, 2.05) is 43.3 Å². The van der Waals surface area contributed by atoms with Crippen LogP contribution < -0.4 is 10.1 Å². The van der Waals surface area contributed by atoms with E-state index in [1.54, 1.807) is 20.2 Å². The molecule has 0 bridgehead atoms. The number of hydrogen-bond donors (Lipinski definition) is 1. The molecule has 0 heterocycles. The van der Waals surface area contributed by atoms with Gasteiger partial charge in [-0.25, -0.2) is 9.18 Å². The maximum atomic E-state index is 13.9. The molecule has 7 heteroatoms. The van der Waals surface area contributed by atoms with E-state index in [9.17, 15) is 9.18 Å². The predicted octanol–water partition coefficient (Wildman–Crippen LogP) is 3.93. The first-order chi connectivity index (χ1) is 12.8. The van der Waals surface area contributed by atoms with E-state index in [2.05, 4.69) is 5.32 Å². The van der Waals surface area contributed by atoms with E-state index in [0.29, 0.717) is 17.1 Å². The monoisotopic (exact) mass is 393 g/mol. The third-order valence-corrected chi connectivity index (χ3v) is 4.73. The number of ether oxygens (including phenoxy) is 1. The summed E-state index contributed by atoms with van der Waals surface area (Å²) < 4.78 is 19.1. The molecular weight excluding hydrogens is 369 g/mol. The normalized spacial score (nSPS) is 12.0. The van der Waals surface area contributed by atoms with Crippen LogP contribution in [0, 0.1) is 5.82 Å². The molecule has 0 aliphatic rings. The minimum Gasteiger partial charge on any atom is -0.497 e. The van der Waals surface area contributed by atoms with Gasteiger partial charge in [0.15, 0.2) is 0 Å². The van der Waals surface area contributed by atoms with Gasteiger partial charge in [0.25, 0.3) is 0 Å². The number of urea groups is 1. The summed E-state index contributed by atoms with van der Waals surface area (Å²) in [4.78, 5) is 15.9. The Bertz CT molecular complexity index is 748. The number of halogens is 2. The lowest BCUT2D eigenvalue weighted by atomic mass is 10.1. The van der Waals surface area contributed by atoms with E-state index in [4.69, 9.17) is 16.3 Å². The topological polar surface area (TPSA) is 44.8 Å². The molecule has 27 heavy (non-hydrogen) atoms. The summed E-state index contributed by atoms with van der Waals surface area (Å²) in [6.45, 7) is 0.500. The van der Waals surface area contributed by atoms with E-state index < -0.39 is 5.82 Å². The molecule has 0 aliphatic heterocycles. The van der Waals surface area contributed by atoms with Crippen LogP contribution in [-0.2, 0) is 6.54 Å². The SMILES string of the molecule is COc1ccc(C(CNC(=O)N(C)Cc2c(F)cccc2Cl)N(C)C)cc1. The Labute approximate surface area is 164 Å². The Morgan fingerprint density at radius 2 is 1.85 bits per heavy atom. The maximum absolute atomic E-state index is 13.9. The number of hydrogen-bond acceptors (Lipinski definition) is 3. The van der Waals surface area contributed by atoms with Crippen molar-refractivity contribution in [2.75, 3.05) is 34.8 Å². The van der Waals surface area contributed by atoms with Crippen molar-refractivity contribution in [3.63, 3.8) is 0 Å². The molecule has 2 rings (SSSR count). The Morgan fingerprint density at radius 1 is 1.19 bits per heavy atom. The van der Waals surface area contributed by atoms with Gasteiger partial charge in [-0.1, -0.05) is 29.8 Å². The minimum absolute atomic E-state index is 0.00898. The number of nitrogens with one attached hydrogen (secondary N) is 1. The molecule has 5 nitrogen and oxygen atoms in total. The third kappa shape index (κ3) is 5.58. The lowest BCUT2D eigenvalue weighted by Crippen LogP contribution is -2.41. The molecular formula is C20H25ClFN3O2. The summed E-state index contributed by atoms with van der Waals surface area (Å²) in [5, 5.41) is 3.20. The second kappa shape index (κ2) is 9.58. The Balaban J connectivity index is 2.00. The van der Waals surface area contributed by atoms with Gasteiger partial charge in [0.1, 0.15) is 11.6 Å². The quantitative estimate of drug-likeness (QED) is 0.775. The number of nitrogens with zero attached hydrogens (tertiary/aromatic N) is 2. The number of rotatable bonds is 7. The highest BCUT2D eigenvalue weighted by molar-refractivity contribution is 6.31. The smallest absolute Gasteiger partial charge is 0.317 e. The summed E-state index contributed by atoms with van der Waals surface area (Å²) in [5.41, 5.74) is 1.36. The molecule has 1 N–H and O–H groups in total. The van der Waals surface area contributed by atoms with Crippen molar-refractivity contribution >= 4 is 17.6 Å². The molecule has 1 unspecified atom stereocenters. The van der Waals surface area contributed by atoms with Crippen LogP contribution in [0.4, 0.5) is 9.18 Å². The molecule has 0 saturated heterocycles. The van der Waals surface area contributed by atoms with Crippen LogP contribution in [0.1, 0.15) is 17.2 Å². The standard InChI is InChI=1S/C20H25ClFN3O2/c1-24(2)19(14-8-10-15(27-4)11-9-14)12-23-20(26)25(3)13-16-17(21)6-5-7-18(16)22/h5-11,19H,12-13H2,1-4H3,(H,23,26). The zero-order valence-electron chi connectivity index (χ0n) is 16.0. The van der Waals surface area contributed by atoms with Gasteiger partial charge in [-0.2, -0.15) is 0 Å². The van der Waals surface area contributed by atoms with Crippen molar-refractivity contribution in [3.05, 3.63) is 64.4 Å². The molecule has 2 aromatic rings. The average Bonchev–Trinajstić information content (AvgIpc) is 2.65. The molecule has 0 fully saturated rings. The van der Waals surface area contributed by atoms with Gasteiger partial charge in [0.2, 0.25) is 0 Å². The van der Waals surface area contributed by atoms with Crippen molar-refractivity contribution in [1.29, 1.82) is 0 Å². The number of methoxy groups -OCH3 is 1. The number of carbonyl (C=O) groups is 1. The van der Waals surface area contributed by atoms with Gasteiger partial charge in [0, 0.05) is 24.2 Å². The fourth-order valence-electron chi connectivity index (χ4n) is 2.74. The number of carbonyl (C=O) groups excluding carboxylic acids is 1. The molecule has 0 saturated carbocycles. The van der Waals surface area contributed by atoms with Gasteiger partial charge >= 0.3 is 6.03 Å². The lowest BCUT2D eigenvalue weighted by molar-refractivity contribution is 0.200.